The summed E-state index contributed by atoms with van der Waals surface area (Å²) in [6, 6.07) is 0. The van der Waals surface area contributed by atoms with Crippen LogP contribution in [0.5, 0.6) is 0 Å². The van der Waals surface area contributed by atoms with Gasteiger partial charge in [0.1, 0.15) is 6.10 Å². The second-order valence-corrected chi connectivity index (χ2v) is 19.6. The fraction of sp³-hybridized carbons (Fsp3) is 1.00. The second kappa shape index (κ2) is 10.6. The topological polar surface area (TPSA) is 112 Å². The van der Waals surface area contributed by atoms with Gasteiger partial charge < -0.3 is 34.6 Å². The van der Waals surface area contributed by atoms with Crippen molar-refractivity contribution in [3.8, 4) is 0 Å². The highest BCUT2D eigenvalue weighted by Gasteiger charge is 2.84. The number of fused-ring (bicyclic) bond motifs is 4. The summed E-state index contributed by atoms with van der Waals surface area (Å²) >= 11 is 0. The molecule has 5 aliphatic carbocycles. The first kappa shape index (κ1) is 34.1. The molecule has 0 aromatic carbocycles. The molecule has 7 fully saturated rings. The number of hydrogen-bond donors (Lipinski definition) is 4. The average molecular weight is 648 g/mol. The van der Waals surface area contributed by atoms with Gasteiger partial charge in [-0.05, 0) is 124 Å². The molecule has 14 atom stereocenters. The Morgan fingerprint density at radius 1 is 0.957 bits per heavy atom. The highest BCUT2D eigenvalue weighted by Crippen LogP contribution is 2.89. The van der Waals surface area contributed by atoms with Crippen molar-refractivity contribution in [3.63, 3.8) is 0 Å². The maximum atomic E-state index is 12.4. The Hall–Kier alpha value is -0.320. The lowest BCUT2D eigenvalue weighted by atomic mass is 9.41. The van der Waals surface area contributed by atoms with Crippen molar-refractivity contribution in [2.24, 2.45) is 50.7 Å². The summed E-state index contributed by atoms with van der Waals surface area (Å²) in [5.41, 5.74) is -1.68. The van der Waals surface area contributed by atoms with Crippen LogP contribution in [-0.4, -0.2) is 99.6 Å². The molecule has 264 valence electrons. The van der Waals surface area contributed by atoms with Crippen LogP contribution < -0.4 is 0 Å². The van der Waals surface area contributed by atoms with Crippen molar-refractivity contribution in [1.82, 2.24) is 4.90 Å². The fourth-order valence-electron chi connectivity index (χ4n) is 13.8. The summed E-state index contributed by atoms with van der Waals surface area (Å²) in [5, 5.41) is 44.5. The Kier molecular flexibility index (Phi) is 7.87. The fourth-order valence-corrected chi connectivity index (χ4v) is 13.8. The van der Waals surface area contributed by atoms with Gasteiger partial charge in [-0.25, -0.2) is 0 Å². The number of aliphatic hydroxyl groups is 4. The maximum absolute atomic E-state index is 12.4. The molecule has 7 aliphatic rings. The molecule has 7 rings (SSSR count). The van der Waals surface area contributed by atoms with Gasteiger partial charge >= 0.3 is 0 Å². The van der Waals surface area contributed by atoms with E-state index in [0.717, 1.165) is 25.8 Å². The zero-order valence-electron chi connectivity index (χ0n) is 30.2. The largest absolute Gasteiger partial charge is 0.390 e. The molecule has 0 radical (unpaired) electrons. The Morgan fingerprint density at radius 2 is 1.63 bits per heavy atom. The summed E-state index contributed by atoms with van der Waals surface area (Å²) < 4.78 is 19.7. The molecular weight excluding hydrogens is 582 g/mol. The third kappa shape index (κ3) is 4.66. The molecule has 0 aromatic heterocycles. The number of morpholine rings is 1. The first-order chi connectivity index (χ1) is 21.2. The normalized spacial score (nSPS) is 52.5. The predicted octanol–water partition coefficient (Wildman–Crippen LogP) is 4.75. The quantitative estimate of drug-likeness (QED) is 0.327. The van der Waals surface area contributed by atoms with Crippen LogP contribution in [0.3, 0.4) is 0 Å². The van der Waals surface area contributed by atoms with E-state index in [1.165, 1.54) is 25.7 Å². The zero-order chi connectivity index (χ0) is 33.5. The molecule has 2 saturated heterocycles. The van der Waals surface area contributed by atoms with Gasteiger partial charge in [-0.15, -0.1) is 0 Å². The number of rotatable bonds is 6. The van der Waals surface area contributed by atoms with Crippen LogP contribution in [0.1, 0.15) is 114 Å². The Bertz CT molecular complexity index is 1180. The molecule has 5 saturated carbocycles. The van der Waals surface area contributed by atoms with E-state index >= 15 is 0 Å². The van der Waals surface area contributed by atoms with Crippen molar-refractivity contribution >= 4 is 0 Å². The standard InChI is InChI=1S/C38H65NO7/c1-22-18-23(30(40)34(6,7)43)45-29-28(22)35(8)14-15-38-20-37(38)13-12-26(46-27-19-39(16-17-44-27)21-32(2,3)42)33(4,5)24(37)10-11-25(38)36(35,9)31(29)41/h22-31,40-43H,10-21H2,1-9H3/t22-,23?,24+,25?,26?,27+,28+,29?,30+,31+,35-,36-,37-,38+/m1/s1. The summed E-state index contributed by atoms with van der Waals surface area (Å²) in [7, 11) is 0. The summed E-state index contributed by atoms with van der Waals surface area (Å²) in [5.74, 6) is 1.58. The van der Waals surface area contributed by atoms with E-state index in [-0.39, 0.29) is 46.1 Å². The molecule has 2 spiro atoms. The molecule has 8 nitrogen and oxygen atoms in total. The molecule has 46 heavy (non-hydrogen) atoms. The zero-order valence-corrected chi connectivity index (χ0v) is 30.2. The van der Waals surface area contributed by atoms with E-state index in [1.807, 2.05) is 13.8 Å². The van der Waals surface area contributed by atoms with Crippen LogP contribution in [0.2, 0.25) is 0 Å². The second-order valence-electron chi connectivity index (χ2n) is 19.6. The molecule has 4 unspecified atom stereocenters. The third-order valence-electron chi connectivity index (χ3n) is 15.9. The monoisotopic (exact) mass is 647 g/mol. The SMILES string of the molecule is C[C@@H]1CC([C@H](O)C(C)(C)O)OC2[C@H]1[C@@]1(C)CC[C@@]34C[C@@]35CCC(O[C@H]3CN(CC(C)(C)O)CCO3)C(C)(C)[C@@H]5CCC4[C@]1(C)[C@H]2O. The van der Waals surface area contributed by atoms with E-state index in [9.17, 15) is 20.4 Å². The first-order valence-electron chi connectivity index (χ1n) is 18.7. The molecule has 2 heterocycles. The smallest absolute Gasteiger partial charge is 0.170 e. The lowest BCUT2D eigenvalue weighted by molar-refractivity contribution is -0.250. The number of hydrogen-bond acceptors (Lipinski definition) is 8. The average Bonchev–Trinajstić information content (AvgIpc) is 3.57. The van der Waals surface area contributed by atoms with Crippen LogP contribution in [-0.2, 0) is 14.2 Å². The van der Waals surface area contributed by atoms with Gasteiger partial charge in [0.05, 0.1) is 42.2 Å². The number of ether oxygens (including phenoxy) is 3. The van der Waals surface area contributed by atoms with E-state index in [1.54, 1.807) is 13.8 Å². The van der Waals surface area contributed by atoms with E-state index in [0.29, 0.717) is 49.3 Å². The van der Waals surface area contributed by atoms with Crippen molar-refractivity contribution in [2.75, 3.05) is 26.2 Å². The molecular formula is C38H65NO7. The van der Waals surface area contributed by atoms with Crippen molar-refractivity contribution in [2.45, 2.75) is 162 Å². The van der Waals surface area contributed by atoms with E-state index in [4.69, 9.17) is 14.2 Å². The highest BCUT2D eigenvalue weighted by atomic mass is 16.7. The van der Waals surface area contributed by atoms with Crippen molar-refractivity contribution in [3.05, 3.63) is 0 Å². The molecule has 2 aliphatic heterocycles. The van der Waals surface area contributed by atoms with Gasteiger partial charge in [-0.1, -0.05) is 34.6 Å². The minimum Gasteiger partial charge on any atom is -0.390 e. The minimum atomic E-state index is -1.25. The highest BCUT2D eigenvalue weighted by molar-refractivity contribution is 5.33. The summed E-state index contributed by atoms with van der Waals surface area (Å²) in [6.45, 7) is 21.9. The van der Waals surface area contributed by atoms with Crippen LogP contribution in [0.25, 0.3) is 0 Å². The third-order valence-corrected chi connectivity index (χ3v) is 15.9. The molecule has 0 aromatic rings. The van der Waals surface area contributed by atoms with Crippen molar-refractivity contribution in [1.29, 1.82) is 0 Å². The maximum Gasteiger partial charge on any atom is 0.170 e. The van der Waals surface area contributed by atoms with E-state index < -0.39 is 29.5 Å². The molecule has 0 bridgehead atoms. The minimum absolute atomic E-state index is 0.0244. The van der Waals surface area contributed by atoms with Crippen LogP contribution in [0.15, 0.2) is 0 Å². The molecule has 4 N–H and O–H groups in total. The van der Waals surface area contributed by atoms with Gasteiger partial charge in [0.15, 0.2) is 6.29 Å². The van der Waals surface area contributed by atoms with Gasteiger partial charge in [-0.2, -0.15) is 0 Å². The Balaban J connectivity index is 1.11. The van der Waals surface area contributed by atoms with Gasteiger partial charge in [-0.3, -0.25) is 4.90 Å². The van der Waals surface area contributed by atoms with Crippen molar-refractivity contribution < 1.29 is 34.6 Å². The van der Waals surface area contributed by atoms with Gasteiger partial charge in [0.2, 0.25) is 0 Å². The lowest BCUT2D eigenvalue weighted by Gasteiger charge is -2.64. The van der Waals surface area contributed by atoms with Crippen LogP contribution in [0.4, 0.5) is 0 Å². The van der Waals surface area contributed by atoms with Crippen LogP contribution >= 0.6 is 0 Å². The van der Waals surface area contributed by atoms with Gasteiger partial charge in [0.25, 0.3) is 0 Å². The Morgan fingerprint density at radius 3 is 2.30 bits per heavy atom. The number of β-amino-alcohol motifs (C(OH)–C–C–N with tert-alkyl or cyclic N) is 1. The van der Waals surface area contributed by atoms with Crippen LogP contribution in [0, 0.1) is 50.7 Å². The first-order valence-corrected chi connectivity index (χ1v) is 18.7. The summed E-state index contributed by atoms with van der Waals surface area (Å²) in [4.78, 5) is 2.27. The Labute approximate surface area is 277 Å². The summed E-state index contributed by atoms with van der Waals surface area (Å²) in [6.07, 6.45) is 6.40. The predicted molar refractivity (Wildman–Crippen MR) is 176 cm³/mol. The number of aliphatic hydroxyl groups excluding tert-OH is 2. The van der Waals surface area contributed by atoms with Gasteiger partial charge in [0, 0.05) is 25.0 Å². The molecule has 0 amide bonds. The van der Waals surface area contributed by atoms with E-state index in [2.05, 4.69) is 39.5 Å². The number of nitrogens with zero attached hydrogens (tertiary/aromatic N) is 1. The molecule has 8 heteroatoms. The lowest BCUT2D eigenvalue weighted by Crippen LogP contribution is -2.60.